The van der Waals surface area contributed by atoms with Gasteiger partial charge in [-0.3, -0.25) is 10.1 Å². The molecule has 0 spiro atoms. The largest absolute Gasteiger partial charge is 0.480 e. The standard InChI is InChI=1S/C13H21F3N2O3/c1-12(11(20)21,13(14,15)16)17-9-10(19)18-7-5-3-2-4-6-8-18/h17H,2-9H2,1H3,(H,20,21). The molecule has 1 amide bonds. The Morgan fingerprint density at radius 2 is 1.57 bits per heavy atom. The summed E-state index contributed by atoms with van der Waals surface area (Å²) in [5.74, 6) is -2.54. The lowest BCUT2D eigenvalue weighted by atomic mass is 10.0. The van der Waals surface area contributed by atoms with E-state index in [-0.39, 0.29) is 0 Å². The van der Waals surface area contributed by atoms with Gasteiger partial charge in [-0.15, -0.1) is 0 Å². The molecular weight excluding hydrogens is 289 g/mol. The van der Waals surface area contributed by atoms with Crippen LogP contribution >= 0.6 is 0 Å². The summed E-state index contributed by atoms with van der Waals surface area (Å²) in [7, 11) is 0. The number of aliphatic carboxylic acids is 1. The van der Waals surface area contributed by atoms with Crippen molar-refractivity contribution in [2.45, 2.75) is 50.7 Å². The van der Waals surface area contributed by atoms with Crippen molar-refractivity contribution in [3.63, 3.8) is 0 Å². The van der Waals surface area contributed by atoms with Crippen molar-refractivity contribution in [3.8, 4) is 0 Å². The third-order valence-corrected chi connectivity index (χ3v) is 3.80. The highest BCUT2D eigenvalue weighted by atomic mass is 19.4. The molecule has 2 N–H and O–H groups in total. The summed E-state index contributed by atoms with van der Waals surface area (Å²) in [6.07, 6.45) is -0.248. The van der Waals surface area contributed by atoms with E-state index in [4.69, 9.17) is 5.11 Å². The maximum atomic E-state index is 12.8. The predicted octanol–water partition coefficient (Wildman–Crippen LogP) is 1.77. The molecule has 8 heteroatoms. The minimum Gasteiger partial charge on any atom is -0.480 e. The zero-order chi connectivity index (χ0) is 16.1. The zero-order valence-electron chi connectivity index (χ0n) is 12.0. The number of carboxylic acids is 1. The number of amides is 1. The summed E-state index contributed by atoms with van der Waals surface area (Å²) in [5, 5.41) is 10.6. The quantitative estimate of drug-likeness (QED) is 0.830. The number of alkyl halides is 3. The van der Waals surface area contributed by atoms with Gasteiger partial charge in [0, 0.05) is 13.1 Å². The van der Waals surface area contributed by atoms with Gasteiger partial charge in [0.05, 0.1) is 6.54 Å². The normalized spacial score (nSPS) is 20.3. The van der Waals surface area contributed by atoms with E-state index in [1.807, 2.05) is 5.32 Å². The molecule has 0 radical (unpaired) electrons. The minimum absolute atomic E-state index is 0.492. The zero-order valence-corrected chi connectivity index (χ0v) is 12.0. The second-order valence-corrected chi connectivity index (χ2v) is 5.43. The van der Waals surface area contributed by atoms with Gasteiger partial charge in [0.15, 0.2) is 0 Å². The lowest BCUT2D eigenvalue weighted by Gasteiger charge is -2.30. The molecule has 0 bridgehead atoms. The van der Waals surface area contributed by atoms with Gasteiger partial charge in [-0.25, -0.2) is 4.79 Å². The van der Waals surface area contributed by atoms with Crippen LogP contribution in [0.5, 0.6) is 0 Å². The van der Waals surface area contributed by atoms with Crippen molar-refractivity contribution < 1.29 is 27.9 Å². The van der Waals surface area contributed by atoms with E-state index in [1.54, 1.807) is 0 Å². The number of nitrogens with zero attached hydrogens (tertiary/aromatic N) is 1. The molecule has 1 aliphatic rings. The Labute approximate surface area is 121 Å². The highest BCUT2D eigenvalue weighted by molar-refractivity contribution is 5.82. The van der Waals surface area contributed by atoms with E-state index < -0.39 is 30.1 Å². The number of nitrogens with one attached hydrogen (secondary N) is 1. The van der Waals surface area contributed by atoms with Gasteiger partial charge in [-0.1, -0.05) is 19.3 Å². The smallest absolute Gasteiger partial charge is 0.417 e. The first-order valence-corrected chi connectivity index (χ1v) is 7.01. The van der Waals surface area contributed by atoms with Crippen LogP contribution in [-0.2, 0) is 9.59 Å². The van der Waals surface area contributed by atoms with Crippen molar-refractivity contribution in [2.24, 2.45) is 0 Å². The molecular formula is C13H21F3N2O3. The van der Waals surface area contributed by atoms with Gasteiger partial charge in [0.25, 0.3) is 0 Å². The number of hydrogen-bond acceptors (Lipinski definition) is 3. The molecule has 1 rings (SSSR count). The Balaban J connectivity index is 2.62. The Morgan fingerprint density at radius 3 is 2.00 bits per heavy atom. The second-order valence-electron chi connectivity index (χ2n) is 5.43. The molecule has 122 valence electrons. The van der Waals surface area contributed by atoms with Crippen LogP contribution in [0.25, 0.3) is 0 Å². The maximum Gasteiger partial charge on any atom is 0.417 e. The Morgan fingerprint density at radius 1 is 1.10 bits per heavy atom. The number of hydrogen-bond donors (Lipinski definition) is 2. The van der Waals surface area contributed by atoms with E-state index in [0.29, 0.717) is 20.0 Å². The van der Waals surface area contributed by atoms with Crippen molar-refractivity contribution in [3.05, 3.63) is 0 Å². The molecule has 5 nitrogen and oxygen atoms in total. The number of carboxylic acid groups (broad SMARTS) is 1. The van der Waals surface area contributed by atoms with E-state index in [1.165, 1.54) is 4.90 Å². The molecule has 0 aromatic carbocycles. The van der Waals surface area contributed by atoms with Gasteiger partial charge in [-0.05, 0) is 19.8 Å². The molecule has 0 aromatic heterocycles. The van der Waals surface area contributed by atoms with Crippen molar-refractivity contribution in [1.29, 1.82) is 0 Å². The van der Waals surface area contributed by atoms with E-state index >= 15 is 0 Å². The fourth-order valence-electron chi connectivity index (χ4n) is 2.16. The molecule has 21 heavy (non-hydrogen) atoms. The summed E-state index contributed by atoms with van der Waals surface area (Å²) >= 11 is 0. The van der Waals surface area contributed by atoms with E-state index in [9.17, 15) is 22.8 Å². The van der Waals surface area contributed by atoms with Gasteiger partial charge >= 0.3 is 12.1 Å². The molecule has 1 unspecified atom stereocenters. The Bertz CT molecular complexity index is 379. The van der Waals surface area contributed by atoms with E-state index in [0.717, 1.165) is 32.1 Å². The highest BCUT2D eigenvalue weighted by Gasteiger charge is 2.57. The van der Waals surface area contributed by atoms with Gasteiger partial charge in [0.2, 0.25) is 11.4 Å². The molecule has 0 aliphatic carbocycles. The van der Waals surface area contributed by atoms with Gasteiger partial charge in [0.1, 0.15) is 0 Å². The minimum atomic E-state index is -4.98. The summed E-state index contributed by atoms with van der Waals surface area (Å²) in [6.45, 7) is 0.908. The lowest BCUT2D eigenvalue weighted by Crippen LogP contribution is -2.62. The maximum absolute atomic E-state index is 12.8. The molecule has 1 saturated heterocycles. The molecule has 0 aromatic rings. The van der Waals surface area contributed by atoms with Crippen LogP contribution in [0, 0.1) is 0 Å². The Hall–Kier alpha value is -1.31. The first kappa shape index (κ1) is 17.7. The number of carbonyl (C=O) groups is 2. The SMILES string of the molecule is CC(NCC(=O)N1CCCCCCC1)(C(=O)O)C(F)(F)F. The molecule has 1 heterocycles. The van der Waals surface area contributed by atoms with Crippen LogP contribution < -0.4 is 5.32 Å². The fraction of sp³-hybridized carbons (Fsp3) is 0.846. The average Bonchev–Trinajstić information content (AvgIpc) is 2.33. The van der Waals surface area contributed by atoms with Crippen LogP contribution in [0.3, 0.4) is 0 Å². The second kappa shape index (κ2) is 7.11. The van der Waals surface area contributed by atoms with Crippen LogP contribution in [0.4, 0.5) is 13.2 Å². The molecule has 0 saturated carbocycles. The number of carbonyl (C=O) groups excluding carboxylic acids is 1. The summed E-state index contributed by atoms with van der Waals surface area (Å²) < 4.78 is 38.4. The van der Waals surface area contributed by atoms with Crippen LogP contribution in [-0.4, -0.2) is 53.2 Å². The number of halogens is 3. The Kier molecular flexibility index (Phi) is 6.00. The van der Waals surface area contributed by atoms with E-state index in [2.05, 4.69) is 0 Å². The van der Waals surface area contributed by atoms with Gasteiger partial charge in [-0.2, -0.15) is 13.2 Å². The fourth-order valence-corrected chi connectivity index (χ4v) is 2.16. The third kappa shape index (κ3) is 4.59. The molecule has 1 fully saturated rings. The van der Waals surface area contributed by atoms with Crippen molar-refractivity contribution in [1.82, 2.24) is 10.2 Å². The molecule has 1 atom stereocenters. The first-order valence-electron chi connectivity index (χ1n) is 7.01. The monoisotopic (exact) mass is 310 g/mol. The molecule has 1 aliphatic heterocycles. The summed E-state index contributed by atoms with van der Waals surface area (Å²) in [4.78, 5) is 24.3. The predicted molar refractivity (Wildman–Crippen MR) is 69.8 cm³/mol. The average molecular weight is 310 g/mol. The highest BCUT2D eigenvalue weighted by Crippen LogP contribution is 2.30. The van der Waals surface area contributed by atoms with Crippen molar-refractivity contribution in [2.75, 3.05) is 19.6 Å². The third-order valence-electron chi connectivity index (χ3n) is 3.80. The summed E-state index contributed by atoms with van der Waals surface area (Å²) in [5.41, 5.74) is -3.12. The van der Waals surface area contributed by atoms with Crippen molar-refractivity contribution >= 4 is 11.9 Å². The number of rotatable bonds is 4. The lowest BCUT2D eigenvalue weighted by molar-refractivity contribution is -0.205. The number of likely N-dealkylation sites (tertiary alicyclic amines) is 1. The van der Waals surface area contributed by atoms with Crippen LogP contribution in [0.2, 0.25) is 0 Å². The topological polar surface area (TPSA) is 69.6 Å². The van der Waals surface area contributed by atoms with Crippen LogP contribution in [0.1, 0.15) is 39.0 Å². The first-order chi connectivity index (χ1) is 9.68. The summed E-state index contributed by atoms with van der Waals surface area (Å²) in [6, 6.07) is 0. The van der Waals surface area contributed by atoms with Gasteiger partial charge < -0.3 is 10.0 Å². The van der Waals surface area contributed by atoms with Crippen LogP contribution in [0.15, 0.2) is 0 Å².